The van der Waals surface area contributed by atoms with E-state index in [9.17, 15) is 4.48 Å². The lowest BCUT2D eigenvalue weighted by Crippen LogP contribution is -2.21. The Kier molecular flexibility index (Phi) is 4.47. The van der Waals surface area contributed by atoms with Crippen LogP contribution in [0.15, 0.2) is 48.1 Å². The van der Waals surface area contributed by atoms with Crippen LogP contribution in [0, 0.1) is 5.41 Å². The number of nitrogens with zero attached hydrogens (tertiary/aromatic N) is 1. The molecule has 0 aromatic rings. The summed E-state index contributed by atoms with van der Waals surface area (Å²) in [7, 11) is 1.47. The van der Waals surface area contributed by atoms with Gasteiger partial charge in [0.2, 0.25) is 0 Å². The monoisotopic (exact) mass is 235 g/mol. The van der Waals surface area contributed by atoms with Crippen molar-refractivity contribution >= 4 is 0 Å². The zero-order valence-electron chi connectivity index (χ0n) is 11.1. The number of hydrogen-bond donors (Lipinski definition) is 0. The first-order valence-corrected chi connectivity index (χ1v) is 5.96. The summed E-state index contributed by atoms with van der Waals surface area (Å²) in [5.41, 5.74) is 3.37. The molecule has 1 saturated carbocycles. The van der Waals surface area contributed by atoms with Crippen LogP contribution in [-0.2, 0) is 0 Å². The van der Waals surface area contributed by atoms with Gasteiger partial charge in [-0.05, 0) is 37.8 Å². The molecule has 17 heavy (non-hydrogen) atoms. The zero-order valence-corrected chi connectivity index (χ0v) is 11.1. The van der Waals surface area contributed by atoms with E-state index in [0.29, 0.717) is 6.54 Å². The van der Waals surface area contributed by atoms with E-state index in [1.165, 1.54) is 18.2 Å². The molecule has 0 saturated heterocycles. The number of hydrogen-bond acceptors (Lipinski definition) is 1. The van der Waals surface area contributed by atoms with Gasteiger partial charge in [0.05, 0.1) is 0 Å². The highest BCUT2D eigenvalue weighted by Crippen LogP contribution is 2.54. The van der Waals surface area contributed by atoms with Crippen LogP contribution in [0.3, 0.4) is 0 Å². The van der Waals surface area contributed by atoms with Gasteiger partial charge in [-0.2, -0.15) is 0 Å². The molecule has 0 spiro atoms. The fourth-order valence-corrected chi connectivity index (χ4v) is 2.22. The molecule has 2 heteroatoms. The summed E-state index contributed by atoms with van der Waals surface area (Å²) in [5, 5.41) is 0.773. The highest BCUT2D eigenvalue weighted by Gasteiger charge is 2.46. The van der Waals surface area contributed by atoms with Crippen LogP contribution in [0.2, 0.25) is 0 Å². The van der Waals surface area contributed by atoms with Gasteiger partial charge in [0.15, 0.2) is 0 Å². The Balaban J connectivity index is 3.16. The second kappa shape index (κ2) is 5.46. The van der Waals surface area contributed by atoms with Gasteiger partial charge in [-0.15, -0.1) is 9.60 Å². The molecule has 1 nitrogen and oxygen atoms in total. The first kappa shape index (κ1) is 13.9. The molecule has 0 heterocycles. The SMILES string of the molecule is C=CC(C=C)=C(C=C(C)C)C1(CN(C)F)CC1. The summed E-state index contributed by atoms with van der Waals surface area (Å²) in [5.74, 6) is 0. The fourth-order valence-electron chi connectivity index (χ4n) is 2.22. The lowest BCUT2D eigenvalue weighted by atomic mass is 9.89. The normalized spacial score (nSPS) is 16.3. The summed E-state index contributed by atoms with van der Waals surface area (Å²) < 4.78 is 13.1. The van der Waals surface area contributed by atoms with Crippen molar-refractivity contribution < 1.29 is 4.48 Å². The molecular formula is C15H22FN. The molecule has 0 amide bonds. The maximum absolute atomic E-state index is 13.1. The molecule has 0 atom stereocenters. The van der Waals surface area contributed by atoms with E-state index in [4.69, 9.17) is 0 Å². The topological polar surface area (TPSA) is 3.24 Å². The zero-order chi connectivity index (χ0) is 13.1. The molecule has 0 aromatic heterocycles. The Labute approximate surface area is 104 Å². The Morgan fingerprint density at radius 3 is 2.12 bits per heavy atom. The number of halogens is 1. The van der Waals surface area contributed by atoms with Crippen LogP contribution in [0.1, 0.15) is 26.7 Å². The molecule has 0 N–H and O–H groups in total. The minimum atomic E-state index is -0.0432. The molecule has 0 radical (unpaired) electrons. The van der Waals surface area contributed by atoms with Gasteiger partial charge < -0.3 is 0 Å². The first-order chi connectivity index (χ1) is 7.95. The number of allylic oxidation sites excluding steroid dienone is 5. The summed E-state index contributed by atoms with van der Waals surface area (Å²) in [6.45, 7) is 12.2. The molecule has 94 valence electrons. The van der Waals surface area contributed by atoms with Crippen LogP contribution in [-0.4, -0.2) is 18.7 Å². The van der Waals surface area contributed by atoms with Crippen molar-refractivity contribution in [2.45, 2.75) is 26.7 Å². The van der Waals surface area contributed by atoms with Gasteiger partial charge in [-0.25, -0.2) is 0 Å². The third-order valence-electron chi connectivity index (χ3n) is 3.13. The summed E-state index contributed by atoms with van der Waals surface area (Å²) in [4.78, 5) is 0. The highest BCUT2D eigenvalue weighted by molar-refractivity contribution is 5.46. The quantitative estimate of drug-likeness (QED) is 0.492. The maximum Gasteiger partial charge on any atom is 0.0384 e. The van der Waals surface area contributed by atoms with Gasteiger partial charge >= 0.3 is 0 Å². The second-order valence-corrected chi connectivity index (χ2v) is 5.04. The van der Waals surface area contributed by atoms with Crippen molar-refractivity contribution in [1.29, 1.82) is 0 Å². The fraction of sp³-hybridized carbons (Fsp3) is 0.467. The Hall–Kier alpha value is -1.15. The average molecular weight is 235 g/mol. The van der Waals surface area contributed by atoms with E-state index >= 15 is 0 Å². The third-order valence-corrected chi connectivity index (χ3v) is 3.13. The van der Waals surface area contributed by atoms with Crippen LogP contribution in [0.4, 0.5) is 4.48 Å². The lowest BCUT2D eigenvalue weighted by molar-refractivity contribution is 0.0424. The Bertz CT molecular complexity index is 356. The second-order valence-electron chi connectivity index (χ2n) is 5.04. The smallest absolute Gasteiger partial charge is 0.0384 e. The van der Waals surface area contributed by atoms with E-state index in [2.05, 4.69) is 33.1 Å². The molecule has 1 aliphatic rings. The summed E-state index contributed by atoms with van der Waals surface area (Å²) >= 11 is 0. The van der Waals surface area contributed by atoms with Crippen LogP contribution in [0.25, 0.3) is 0 Å². The minimum Gasteiger partial charge on any atom is -0.149 e. The van der Waals surface area contributed by atoms with Crippen molar-refractivity contribution in [1.82, 2.24) is 5.12 Å². The van der Waals surface area contributed by atoms with Gasteiger partial charge in [0.25, 0.3) is 0 Å². The number of rotatable bonds is 6. The van der Waals surface area contributed by atoms with Gasteiger partial charge in [-0.1, -0.05) is 37.0 Å². The molecule has 1 aliphatic carbocycles. The summed E-state index contributed by atoms with van der Waals surface area (Å²) in [6, 6.07) is 0. The van der Waals surface area contributed by atoms with E-state index < -0.39 is 0 Å². The van der Waals surface area contributed by atoms with Gasteiger partial charge in [-0.3, -0.25) is 0 Å². The molecule has 0 aliphatic heterocycles. The minimum absolute atomic E-state index is 0.0432. The summed E-state index contributed by atoms with van der Waals surface area (Å²) in [6.07, 6.45) is 7.81. The molecular weight excluding hydrogens is 213 g/mol. The van der Waals surface area contributed by atoms with Crippen LogP contribution < -0.4 is 0 Å². The van der Waals surface area contributed by atoms with E-state index in [-0.39, 0.29) is 5.41 Å². The van der Waals surface area contributed by atoms with Crippen molar-refractivity contribution in [3.05, 3.63) is 48.1 Å². The maximum atomic E-state index is 13.1. The first-order valence-electron chi connectivity index (χ1n) is 5.96. The van der Waals surface area contributed by atoms with Crippen LogP contribution >= 0.6 is 0 Å². The van der Waals surface area contributed by atoms with E-state index in [1.807, 2.05) is 0 Å². The molecule has 0 bridgehead atoms. The van der Waals surface area contributed by atoms with Gasteiger partial charge in [0.1, 0.15) is 0 Å². The molecule has 0 aromatic carbocycles. The standard InChI is InChI=1S/C15H22FN/c1-6-13(7-2)14(10-12(3)4)15(8-9-15)11-17(5)16/h6-7,10H,1-2,8-9,11H2,3-5H3. The Morgan fingerprint density at radius 1 is 1.29 bits per heavy atom. The Morgan fingerprint density at radius 2 is 1.82 bits per heavy atom. The third kappa shape index (κ3) is 3.40. The average Bonchev–Trinajstić information content (AvgIpc) is 2.97. The van der Waals surface area contributed by atoms with Crippen molar-refractivity contribution in [2.24, 2.45) is 5.41 Å². The van der Waals surface area contributed by atoms with Crippen molar-refractivity contribution in [3.8, 4) is 0 Å². The lowest BCUT2D eigenvalue weighted by Gasteiger charge is -2.21. The van der Waals surface area contributed by atoms with E-state index in [1.54, 1.807) is 12.2 Å². The predicted molar refractivity (Wildman–Crippen MR) is 72.3 cm³/mol. The molecule has 1 rings (SSSR count). The highest BCUT2D eigenvalue weighted by atomic mass is 19.2. The largest absolute Gasteiger partial charge is 0.149 e. The molecule has 1 fully saturated rings. The van der Waals surface area contributed by atoms with E-state index in [0.717, 1.165) is 23.5 Å². The van der Waals surface area contributed by atoms with Crippen molar-refractivity contribution in [3.63, 3.8) is 0 Å². The van der Waals surface area contributed by atoms with Gasteiger partial charge in [0, 0.05) is 19.0 Å². The predicted octanol–water partition coefficient (Wildman–Crippen LogP) is 4.22. The van der Waals surface area contributed by atoms with Crippen molar-refractivity contribution in [2.75, 3.05) is 13.6 Å². The molecule has 0 unspecified atom stereocenters. The van der Waals surface area contributed by atoms with Crippen LogP contribution in [0.5, 0.6) is 0 Å².